The molecule has 2 aromatic rings. The molecule has 1 N–H and O–H groups in total. The molecule has 0 amide bonds. The number of rotatable bonds is 7. The van der Waals surface area contributed by atoms with E-state index in [0.29, 0.717) is 12.6 Å². The van der Waals surface area contributed by atoms with E-state index in [1.165, 1.54) is 35.6 Å². The number of piperazine rings is 1. The molecule has 1 heterocycles. The molecule has 1 aliphatic heterocycles. The summed E-state index contributed by atoms with van der Waals surface area (Å²) >= 11 is 0. The summed E-state index contributed by atoms with van der Waals surface area (Å²) in [5.74, 6) is 1.07. The van der Waals surface area contributed by atoms with Crippen LogP contribution in [0.4, 0.5) is 0 Å². The molecular formula is C21H30N2O. The molecule has 3 heteroatoms. The van der Waals surface area contributed by atoms with Crippen LogP contribution in [0.2, 0.25) is 0 Å². The van der Waals surface area contributed by atoms with Crippen molar-refractivity contribution >= 4 is 10.8 Å². The molecule has 0 aliphatic carbocycles. The first-order valence-electron chi connectivity index (χ1n) is 9.44. The van der Waals surface area contributed by atoms with Gasteiger partial charge in [0.15, 0.2) is 0 Å². The molecule has 0 bridgehead atoms. The van der Waals surface area contributed by atoms with Crippen molar-refractivity contribution in [3.05, 3.63) is 42.0 Å². The van der Waals surface area contributed by atoms with Crippen molar-refractivity contribution in [2.45, 2.75) is 39.2 Å². The van der Waals surface area contributed by atoms with Crippen molar-refractivity contribution in [1.82, 2.24) is 10.2 Å². The first-order valence-corrected chi connectivity index (χ1v) is 9.44. The van der Waals surface area contributed by atoms with Gasteiger partial charge >= 0.3 is 0 Å². The van der Waals surface area contributed by atoms with Crippen LogP contribution in [0.15, 0.2) is 36.4 Å². The van der Waals surface area contributed by atoms with Gasteiger partial charge in [-0.15, -0.1) is 0 Å². The molecule has 0 aromatic heterocycles. The SMILES string of the molecule is CCCC[C@@H](c1c(OCC)ccc2ccccc12)N1CCNCC1. The number of unbranched alkanes of at least 4 members (excludes halogenated alkanes) is 1. The second-order valence-corrected chi connectivity index (χ2v) is 6.58. The van der Waals surface area contributed by atoms with E-state index in [1.54, 1.807) is 0 Å². The Kier molecular flexibility index (Phi) is 6.11. The zero-order valence-corrected chi connectivity index (χ0v) is 15.1. The monoisotopic (exact) mass is 326 g/mol. The van der Waals surface area contributed by atoms with E-state index in [0.717, 1.165) is 31.9 Å². The maximum absolute atomic E-state index is 6.05. The van der Waals surface area contributed by atoms with Gasteiger partial charge < -0.3 is 10.1 Å². The summed E-state index contributed by atoms with van der Waals surface area (Å²) in [7, 11) is 0. The van der Waals surface area contributed by atoms with E-state index in [1.807, 2.05) is 0 Å². The van der Waals surface area contributed by atoms with E-state index in [-0.39, 0.29) is 0 Å². The largest absolute Gasteiger partial charge is 0.494 e. The highest BCUT2D eigenvalue weighted by Crippen LogP contribution is 2.38. The summed E-state index contributed by atoms with van der Waals surface area (Å²) in [5, 5.41) is 6.14. The molecule has 1 aliphatic rings. The Morgan fingerprint density at radius 1 is 1.08 bits per heavy atom. The lowest BCUT2D eigenvalue weighted by molar-refractivity contribution is 0.160. The van der Waals surface area contributed by atoms with E-state index in [2.05, 4.69) is 60.5 Å². The second-order valence-electron chi connectivity index (χ2n) is 6.58. The van der Waals surface area contributed by atoms with Gasteiger partial charge in [0.2, 0.25) is 0 Å². The van der Waals surface area contributed by atoms with E-state index < -0.39 is 0 Å². The highest BCUT2D eigenvalue weighted by Gasteiger charge is 2.26. The Bertz CT molecular complexity index is 649. The van der Waals surface area contributed by atoms with Gasteiger partial charge in [0.05, 0.1) is 6.61 Å². The molecule has 1 saturated heterocycles. The maximum atomic E-state index is 6.05. The Labute approximate surface area is 146 Å². The first-order chi connectivity index (χ1) is 11.8. The number of hydrogen-bond acceptors (Lipinski definition) is 3. The quantitative estimate of drug-likeness (QED) is 0.817. The molecule has 0 saturated carbocycles. The van der Waals surface area contributed by atoms with Gasteiger partial charge in [0, 0.05) is 37.8 Å². The van der Waals surface area contributed by atoms with E-state index in [9.17, 15) is 0 Å². The summed E-state index contributed by atoms with van der Waals surface area (Å²) in [6.45, 7) is 9.46. The maximum Gasteiger partial charge on any atom is 0.124 e. The van der Waals surface area contributed by atoms with Crippen LogP contribution >= 0.6 is 0 Å². The number of nitrogens with one attached hydrogen (secondary N) is 1. The molecular weight excluding hydrogens is 296 g/mol. The van der Waals surface area contributed by atoms with Gasteiger partial charge in [0.1, 0.15) is 5.75 Å². The van der Waals surface area contributed by atoms with Crippen molar-refractivity contribution in [2.24, 2.45) is 0 Å². The van der Waals surface area contributed by atoms with Crippen LogP contribution in [0.25, 0.3) is 10.8 Å². The van der Waals surface area contributed by atoms with Gasteiger partial charge in [-0.3, -0.25) is 4.90 Å². The Hall–Kier alpha value is -1.58. The number of fused-ring (bicyclic) bond motifs is 1. The van der Waals surface area contributed by atoms with Gasteiger partial charge in [-0.25, -0.2) is 0 Å². The number of ether oxygens (including phenoxy) is 1. The zero-order valence-electron chi connectivity index (χ0n) is 15.1. The molecule has 0 spiro atoms. The number of benzene rings is 2. The number of hydrogen-bond donors (Lipinski definition) is 1. The summed E-state index contributed by atoms with van der Waals surface area (Å²) in [6.07, 6.45) is 3.69. The third kappa shape index (κ3) is 3.73. The second kappa shape index (κ2) is 8.50. The molecule has 24 heavy (non-hydrogen) atoms. The number of nitrogens with zero attached hydrogens (tertiary/aromatic N) is 1. The fraction of sp³-hybridized carbons (Fsp3) is 0.524. The molecule has 1 atom stereocenters. The standard InChI is InChI=1S/C21H30N2O/c1-3-5-10-19(23-15-13-22-14-16-23)21-18-9-7-6-8-17(18)11-12-20(21)24-4-2/h6-9,11-12,19,22H,3-5,10,13-16H2,1-2H3/t19-/m0/s1. The fourth-order valence-corrected chi connectivity index (χ4v) is 3.80. The van der Waals surface area contributed by atoms with Crippen LogP contribution in [0, 0.1) is 0 Å². The highest BCUT2D eigenvalue weighted by atomic mass is 16.5. The van der Waals surface area contributed by atoms with Crippen LogP contribution in [-0.4, -0.2) is 37.7 Å². The van der Waals surface area contributed by atoms with Crippen LogP contribution in [0.3, 0.4) is 0 Å². The van der Waals surface area contributed by atoms with Crippen LogP contribution < -0.4 is 10.1 Å². The van der Waals surface area contributed by atoms with E-state index >= 15 is 0 Å². The minimum absolute atomic E-state index is 0.444. The molecule has 1 fully saturated rings. The average Bonchev–Trinajstić information content (AvgIpc) is 2.64. The molecule has 3 rings (SSSR count). The molecule has 3 nitrogen and oxygen atoms in total. The minimum Gasteiger partial charge on any atom is -0.494 e. The Morgan fingerprint density at radius 2 is 1.88 bits per heavy atom. The van der Waals surface area contributed by atoms with Crippen molar-refractivity contribution in [3.63, 3.8) is 0 Å². The van der Waals surface area contributed by atoms with Crippen molar-refractivity contribution in [2.75, 3.05) is 32.8 Å². The molecule has 130 valence electrons. The van der Waals surface area contributed by atoms with Crippen LogP contribution in [-0.2, 0) is 0 Å². The van der Waals surface area contributed by atoms with E-state index in [4.69, 9.17) is 4.74 Å². The van der Waals surface area contributed by atoms with Crippen molar-refractivity contribution < 1.29 is 4.74 Å². The summed E-state index contributed by atoms with van der Waals surface area (Å²) in [4.78, 5) is 2.65. The van der Waals surface area contributed by atoms with Gasteiger partial charge in [-0.2, -0.15) is 0 Å². The average molecular weight is 326 g/mol. The van der Waals surface area contributed by atoms with Gasteiger partial charge in [0.25, 0.3) is 0 Å². The normalized spacial score (nSPS) is 17.1. The predicted octanol–water partition coefficient (Wildman–Crippen LogP) is 4.38. The lowest BCUT2D eigenvalue weighted by atomic mass is 9.92. The molecule has 2 aromatic carbocycles. The third-order valence-corrected chi connectivity index (χ3v) is 4.99. The van der Waals surface area contributed by atoms with Crippen LogP contribution in [0.1, 0.15) is 44.7 Å². The predicted molar refractivity (Wildman–Crippen MR) is 102 cm³/mol. The molecule has 0 unspecified atom stereocenters. The van der Waals surface area contributed by atoms with Crippen molar-refractivity contribution in [1.29, 1.82) is 0 Å². The topological polar surface area (TPSA) is 24.5 Å². The lowest BCUT2D eigenvalue weighted by Gasteiger charge is -2.36. The highest BCUT2D eigenvalue weighted by molar-refractivity contribution is 5.88. The summed E-state index contributed by atoms with van der Waals surface area (Å²) < 4.78 is 6.05. The first kappa shape index (κ1) is 17.2. The minimum atomic E-state index is 0.444. The summed E-state index contributed by atoms with van der Waals surface area (Å²) in [5.41, 5.74) is 1.39. The Morgan fingerprint density at radius 3 is 2.62 bits per heavy atom. The zero-order chi connectivity index (χ0) is 16.8. The smallest absolute Gasteiger partial charge is 0.124 e. The molecule has 0 radical (unpaired) electrons. The Balaban J connectivity index is 2.07. The van der Waals surface area contributed by atoms with Gasteiger partial charge in [-0.1, -0.05) is 50.1 Å². The lowest BCUT2D eigenvalue weighted by Crippen LogP contribution is -2.45. The van der Waals surface area contributed by atoms with Gasteiger partial charge in [-0.05, 0) is 30.2 Å². The van der Waals surface area contributed by atoms with Crippen LogP contribution in [0.5, 0.6) is 5.75 Å². The van der Waals surface area contributed by atoms with Crippen molar-refractivity contribution in [3.8, 4) is 5.75 Å². The third-order valence-electron chi connectivity index (χ3n) is 4.99. The fourth-order valence-electron chi connectivity index (χ4n) is 3.80. The summed E-state index contributed by atoms with van der Waals surface area (Å²) in [6, 6.07) is 13.5.